The van der Waals surface area contributed by atoms with Crippen LogP contribution < -0.4 is 5.84 Å². The van der Waals surface area contributed by atoms with E-state index >= 15 is 0 Å². The van der Waals surface area contributed by atoms with Crippen molar-refractivity contribution in [3.8, 4) is 0 Å². The van der Waals surface area contributed by atoms with Gasteiger partial charge in [-0.05, 0) is 18.3 Å². The zero-order chi connectivity index (χ0) is 12.7. The van der Waals surface area contributed by atoms with Crippen LogP contribution in [0.15, 0.2) is 0 Å². The van der Waals surface area contributed by atoms with Crippen molar-refractivity contribution < 1.29 is 14.7 Å². The normalized spacial score (nSPS) is 12.6. The third-order valence-electron chi connectivity index (χ3n) is 2.35. The number of carboxylic acid groups (broad SMARTS) is 1. The van der Waals surface area contributed by atoms with Crippen molar-refractivity contribution in [2.75, 3.05) is 6.54 Å². The second-order valence-electron chi connectivity index (χ2n) is 4.49. The molecule has 1 unspecified atom stereocenters. The highest BCUT2D eigenvalue weighted by Crippen LogP contribution is 2.16. The van der Waals surface area contributed by atoms with E-state index < -0.39 is 5.97 Å². The summed E-state index contributed by atoms with van der Waals surface area (Å²) in [5, 5.41) is 9.90. The lowest BCUT2D eigenvalue weighted by molar-refractivity contribution is -0.140. The highest BCUT2D eigenvalue weighted by atomic mass is 16.4. The van der Waals surface area contributed by atoms with Crippen LogP contribution in [0.25, 0.3) is 0 Å². The third-order valence-corrected chi connectivity index (χ3v) is 2.35. The topological polar surface area (TPSA) is 83.6 Å². The second-order valence-corrected chi connectivity index (χ2v) is 4.49. The Hall–Kier alpha value is -1.10. The summed E-state index contributed by atoms with van der Waals surface area (Å²) in [4.78, 5) is 21.9. The number of amides is 1. The van der Waals surface area contributed by atoms with Crippen LogP contribution in [0, 0.1) is 11.8 Å². The van der Waals surface area contributed by atoms with Gasteiger partial charge in [-0.2, -0.15) is 0 Å². The minimum Gasteiger partial charge on any atom is -0.481 e. The number of hydrogen-bond donors (Lipinski definition) is 2. The highest BCUT2D eigenvalue weighted by Gasteiger charge is 2.19. The molecule has 0 radical (unpaired) electrons. The lowest BCUT2D eigenvalue weighted by Gasteiger charge is -2.23. The first kappa shape index (κ1) is 14.9. The molecule has 5 heteroatoms. The molecule has 0 spiro atoms. The van der Waals surface area contributed by atoms with Gasteiger partial charge in [-0.15, -0.1) is 0 Å². The molecule has 0 bridgehead atoms. The Morgan fingerprint density at radius 3 is 2.31 bits per heavy atom. The Balaban J connectivity index is 4.29. The van der Waals surface area contributed by atoms with Gasteiger partial charge in [0.05, 0.1) is 0 Å². The van der Waals surface area contributed by atoms with E-state index in [9.17, 15) is 9.59 Å². The van der Waals surface area contributed by atoms with Crippen LogP contribution in [0.3, 0.4) is 0 Å². The molecule has 0 aliphatic carbocycles. The number of carboxylic acids is 1. The van der Waals surface area contributed by atoms with E-state index in [1.807, 2.05) is 13.8 Å². The monoisotopic (exact) mass is 230 g/mol. The molecule has 0 saturated heterocycles. The molecular weight excluding hydrogens is 208 g/mol. The number of carbonyl (C=O) groups is 2. The molecule has 16 heavy (non-hydrogen) atoms. The fourth-order valence-corrected chi connectivity index (χ4v) is 1.72. The first-order valence-corrected chi connectivity index (χ1v) is 5.63. The largest absolute Gasteiger partial charge is 0.481 e. The summed E-state index contributed by atoms with van der Waals surface area (Å²) in [6.45, 7) is 6.10. The number of aliphatic carboxylic acids is 1. The molecule has 0 aliphatic heterocycles. The highest BCUT2D eigenvalue weighted by molar-refractivity contribution is 5.75. The smallest absolute Gasteiger partial charge is 0.303 e. The number of carbonyl (C=O) groups excluding carboxylic acids is 1. The summed E-state index contributed by atoms with van der Waals surface area (Å²) in [7, 11) is 0. The number of hydrazine groups is 1. The Kier molecular flexibility index (Phi) is 6.72. The molecule has 0 aromatic rings. The average molecular weight is 230 g/mol. The van der Waals surface area contributed by atoms with Crippen LogP contribution in [0.2, 0.25) is 0 Å². The van der Waals surface area contributed by atoms with Crippen LogP contribution in [0.5, 0.6) is 0 Å². The molecule has 5 nitrogen and oxygen atoms in total. The first-order chi connectivity index (χ1) is 7.36. The fraction of sp³-hybridized carbons (Fsp3) is 0.818. The molecule has 0 saturated carbocycles. The predicted octanol–water partition coefficient (Wildman–Crippen LogP) is 1.24. The molecule has 1 atom stereocenters. The molecule has 0 aromatic carbocycles. The van der Waals surface area contributed by atoms with E-state index in [0.717, 1.165) is 11.4 Å². The predicted molar refractivity (Wildman–Crippen MR) is 61.4 cm³/mol. The quantitative estimate of drug-likeness (QED) is 0.391. The van der Waals surface area contributed by atoms with E-state index in [0.29, 0.717) is 18.9 Å². The molecular formula is C11H22N2O3. The van der Waals surface area contributed by atoms with Gasteiger partial charge in [0.1, 0.15) is 0 Å². The van der Waals surface area contributed by atoms with E-state index in [4.69, 9.17) is 10.9 Å². The van der Waals surface area contributed by atoms with Gasteiger partial charge in [-0.3, -0.25) is 14.6 Å². The number of nitrogens with two attached hydrogens (primary N) is 1. The minimum atomic E-state index is -0.844. The van der Waals surface area contributed by atoms with Crippen molar-refractivity contribution in [2.24, 2.45) is 17.7 Å². The lowest BCUT2D eigenvalue weighted by Crippen LogP contribution is -2.41. The van der Waals surface area contributed by atoms with Crippen molar-refractivity contribution in [1.29, 1.82) is 0 Å². The second kappa shape index (κ2) is 7.22. The summed E-state index contributed by atoms with van der Waals surface area (Å²) >= 11 is 0. The van der Waals surface area contributed by atoms with Gasteiger partial charge >= 0.3 is 5.97 Å². The van der Waals surface area contributed by atoms with Crippen molar-refractivity contribution in [3.05, 3.63) is 0 Å². The van der Waals surface area contributed by atoms with Crippen LogP contribution in [-0.4, -0.2) is 28.5 Å². The summed E-state index contributed by atoms with van der Waals surface area (Å²) in [6, 6.07) is 0. The number of rotatable bonds is 7. The van der Waals surface area contributed by atoms with E-state index in [-0.39, 0.29) is 18.2 Å². The Bertz CT molecular complexity index is 241. The summed E-state index contributed by atoms with van der Waals surface area (Å²) in [5.74, 6) is 4.90. The molecule has 1 amide bonds. The summed E-state index contributed by atoms with van der Waals surface area (Å²) in [5.41, 5.74) is 0. The number of nitrogens with zero attached hydrogens (tertiary/aromatic N) is 1. The van der Waals surface area contributed by atoms with Crippen molar-refractivity contribution in [2.45, 2.75) is 40.0 Å². The van der Waals surface area contributed by atoms with Gasteiger partial charge in [0.2, 0.25) is 5.91 Å². The molecule has 0 rings (SSSR count). The SMILES string of the molecule is CCC(=O)N(N)CC(CC(=O)O)CC(C)C. The van der Waals surface area contributed by atoms with E-state index in [1.165, 1.54) is 0 Å². The van der Waals surface area contributed by atoms with Gasteiger partial charge in [0, 0.05) is 19.4 Å². The van der Waals surface area contributed by atoms with Gasteiger partial charge in [-0.1, -0.05) is 20.8 Å². The van der Waals surface area contributed by atoms with Crippen LogP contribution in [-0.2, 0) is 9.59 Å². The first-order valence-electron chi connectivity index (χ1n) is 5.63. The van der Waals surface area contributed by atoms with Gasteiger partial charge in [0.15, 0.2) is 0 Å². The van der Waals surface area contributed by atoms with E-state index in [2.05, 4.69) is 0 Å². The molecule has 0 aromatic heterocycles. The van der Waals surface area contributed by atoms with Gasteiger partial charge < -0.3 is 5.11 Å². The average Bonchev–Trinajstić information content (AvgIpc) is 2.14. The van der Waals surface area contributed by atoms with Gasteiger partial charge in [0.25, 0.3) is 0 Å². The minimum absolute atomic E-state index is 0.0584. The molecule has 0 fully saturated rings. The maximum Gasteiger partial charge on any atom is 0.303 e. The zero-order valence-corrected chi connectivity index (χ0v) is 10.3. The van der Waals surface area contributed by atoms with Crippen molar-refractivity contribution in [1.82, 2.24) is 5.01 Å². The van der Waals surface area contributed by atoms with Crippen LogP contribution in [0.4, 0.5) is 0 Å². The Morgan fingerprint density at radius 1 is 1.38 bits per heavy atom. The molecule has 94 valence electrons. The van der Waals surface area contributed by atoms with E-state index in [1.54, 1.807) is 6.92 Å². The maximum atomic E-state index is 11.3. The van der Waals surface area contributed by atoms with Crippen molar-refractivity contribution >= 4 is 11.9 Å². The Labute approximate surface area is 96.6 Å². The Morgan fingerprint density at radius 2 is 1.94 bits per heavy atom. The fourth-order valence-electron chi connectivity index (χ4n) is 1.72. The molecule has 0 aliphatic rings. The molecule has 0 heterocycles. The standard InChI is InChI=1S/C11H22N2O3/c1-4-10(14)13(12)7-9(5-8(2)3)6-11(15)16/h8-9H,4-7,12H2,1-3H3,(H,15,16). The summed E-state index contributed by atoms with van der Waals surface area (Å²) < 4.78 is 0. The van der Waals surface area contributed by atoms with Gasteiger partial charge in [-0.25, -0.2) is 5.84 Å². The van der Waals surface area contributed by atoms with Crippen molar-refractivity contribution in [3.63, 3.8) is 0 Å². The third kappa shape index (κ3) is 6.40. The molecule has 3 N–H and O–H groups in total. The summed E-state index contributed by atoms with van der Waals surface area (Å²) in [6.07, 6.45) is 1.16. The maximum absolute atomic E-state index is 11.3. The lowest BCUT2D eigenvalue weighted by atomic mass is 9.94. The number of hydrogen-bond acceptors (Lipinski definition) is 3. The van der Waals surface area contributed by atoms with Crippen LogP contribution >= 0.6 is 0 Å². The van der Waals surface area contributed by atoms with Crippen LogP contribution in [0.1, 0.15) is 40.0 Å². The zero-order valence-electron chi connectivity index (χ0n) is 10.3.